The lowest BCUT2D eigenvalue weighted by atomic mass is 9.96. The molecule has 2 heterocycles. The summed E-state index contributed by atoms with van der Waals surface area (Å²) < 4.78 is 5.55. The van der Waals surface area contributed by atoms with Crippen LogP contribution in [0.2, 0.25) is 0 Å². The normalized spacial score (nSPS) is 23.8. The van der Waals surface area contributed by atoms with Crippen LogP contribution in [0.3, 0.4) is 0 Å². The van der Waals surface area contributed by atoms with Gasteiger partial charge in [0.05, 0.1) is 17.8 Å². The van der Waals surface area contributed by atoms with E-state index in [4.69, 9.17) is 10.5 Å². The molecule has 0 aliphatic carbocycles. The lowest BCUT2D eigenvalue weighted by molar-refractivity contribution is 0.0689. The Bertz CT molecular complexity index is 388. The molecule has 0 bridgehead atoms. The monoisotopic (exact) mass is 249 g/mol. The number of ether oxygens (including phenoxy) is 1. The van der Waals surface area contributed by atoms with Gasteiger partial charge in [-0.3, -0.25) is 9.88 Å². The average molecular weight is 249 g/mol. The molecule has 1 unspecified atom stereocenters. The zero-order valence-corrected chi connectivity index (χ0v) is 11.4. The van der Waals surface area contributed by atoms with Crippen molar-refractivity contribution >= 4 is 0 Å². The first-order valence-electron chi connectivity index (χ1n) is 6.65. The van der Waals surface area contributed by atoms with Crippen molar-refractivity contribution in [3.63, 3.8) is 0 Å². The molecule has 1 aliphatic rings. The van der Waals surface area contributed by atoms with Crippen LogP contribution in [0.15, 0.2) is 18.2 Å². The summed E-state index contributed by atoms with van der Waals surface area (Å²) in [7, 11) is 0. The van der Waals surface area contributed by atoms with Gasteiger partial charge in [-0.05, 0) is 32.0 Å². The summed E-state index contributed by atoms with van der Waals surface area (Å²) in [6.07, 6.45) is 1.02. The van der Waals surface area contributed by atoms with Gasteiger partial charge in [-0.25, -0.2) is 0 Å². The van der Waals surface area contributed by atoms with Gasteiger partial charge >= 0.3 is 0 Å². The number of aryl methyl sites for hydroxylation is 1. The maximum atomic E-state index is 5.99. The highest BCUT2D eigenvalue weighted by Gasteiger charge is 2.38. The zero-order chi connectivity index (χ0) is 13.0. The summed E-state index contributed by atoms with van der Waals surface area (Å²) in [6.45, 7) is 8.21. The third kappa shape index (κ3) is 2.71. The van der Waals surface area contributed by atoms with Gasteiger partial charge < -0.3 is 10.5 Å². The Labute approximate surface area is 109 Å². The van der Waals surface area contributed by atoms with Crippen LogP contribution in [-0.4, -0.2) is 41.7 Å². The highest BCUT2D eigenvalue weighted by molar-refractivity contribution is 5.11. The molecule has 0 saturated carbocycles. The van der Waals surface area contributed by atoms with E-state index in [1.165, 1.54) is 0 Å². The first-order valence-corrected chi connectivity index (χ1v) is 6.65. The fourth-order valence-corrected chi connectivity index (χ4v) is 2.63. The molecule has 1 atom stereocenters. The first-order chi connectivity index (χ1) is 8.70. The van der Waals surface area contributed by atoms with Crippen LogP contribution in [0.5, 0.6) is 0 Å². The number of pyridine rings is 1. The Morgan fingerprint density at radius 3 is 2.89 bits per heavy atom. The molecule has 0 spiro atoms. The van der Waals surface area contributed by atoms with E-state index in [2.05, 4.69) is 28.9 Å². The van der Waals surface area contributed by atoms with Crippen LogP contribution in [0.25, 0.3) is 0 Å². The van der Waals surface area contributed by atoms with Crippen molar-refractivity contribution in [1.82, 2.24) is 9.88 Å². The minimum absolute atomic E-state index is 0.000175. The van der Waals surface area contributed by atoms with E-state index in [1.54, 1.807) is 0 Å². The maximum absolute atomic E-state index is 5.99. The van der Waals surface area contributed by atoms with Gasteiger partial charge in [0.15, 0.2) is 0 Å². The standard InChI is InChI=1S/C14H23N3O/c1-3-17(14(10-15)7-8-18-11-14)9-13-6-4-5-12(2)16-13/h4-6H,3,7-11,15H2,1-2H3. The number of hydrogen-bond donors (Lipinski definition) is 1. The van der Waals surface area contributed by atoms with Gasteiger partial charge in [-0.1, -0.05) is 13.0 Å². The number of rotatable bonds is 5. The van der Waals surface area contributed by atoms with Crippen molar-refractivity contribution in [2.24, 2.45) is 5.73 Å². The van der Waals surface area contributed by atoms with Crippen LogP contribution in [0.1, 0.15) is 24.7 Å². The Balaban J connectivity index is 2.13. The Hall–Kier alpha value is -0.970. The molecule has 1 saturated heterocycles. The van der Waals surface area contributed by atoms with Gasteiger partial charge in [-0.2, -0.15) is 0 Å². The quantitative estimate of drug-likeness (QED) is 0.855. The van der Waals surface area contributed by atoms with E-state index in [0.717, 1.165) is 44.1 Å². The van der Waals surface area contributed by atoms with Crippen LogP contribution in [-0.2, 0) is 11.3 Å². The minimum Gasteiger partial charge on any atom is -0.379 e. The molecule has 1 fully saturated rings. The summed E-state index contributed by atoms with van der Waals surface area (Å²) in [5.74, 6) is 0. The molecule has 1 aromatic heterocycles. The molecule has 4 nitrogen and oxygen atoms in total. The molecule has 1 aliphatic heterocycles. The number of hydrogen-bond acceptors (Lipinski definition) is 4. The Morgan fingerprint density at radius 2 is 2.33 bits per heavy atom. The maximum Gasteiger partial charge on any atom is 0.0663 e. The predicted octanol–water partition coefficient (Wildman–Crippen LogP) is 1.33. The highest BCUT2D eigenvalue weighted by atomic mass is 16.5. The fourth-order valence-electron chi connectivity index (χ4n) is 2.63. The van der Waals surface area contributed by atoms with Crippen molar-refractivity contribution in [2.45, 2.75) is 32.4 Å². The number of aromatic nitrogens is 1. The first kappa shape index (κ1) is 13.5. The number of likely N-dealkylation sites (N-methyl/N-ethyl adjacent to an activating group) is 1. The predicted molar refractivity (Wildman–Crippen MR) is 72.3 cm³/mol. The fraction of sp³-hybridized carbons (Fsp3) is 0.643. The molecule has 18 heavy (non-hydrogen) atoms. The summed E-state index contributed by atoms with van der Waals surface area (Å²) in [5, 5.41) is 0. The van der Waals surface area contributed by atoms with E-state index in [9.17, 15) is 0 Å². The zero-order valence-electron chi connectivity index (χ0n) is 11.4. The van der Waals surface area contributed by atoms with Crippen LogP contribution in [0.4, 0.5) is 0 Å². The van der Waals surface area contributed by atoms with E-state index in [0.29, 0.717) is 6.54 Å². The third-order valence-electron chi connectivity index (χ3n) is 3.81. The topological polar surface area (TPSA) is 51.4 Å². The van der Waals surface area contributed by atoms with Crippen molar-refractivity contribution in [1.29, 1.82) is 0 Å². The Kier molecular flexibility index (Phi) is 4.32. The molecule has 1 aromatic rings. The van der Waals surface area contributed by atoms with Crippen molar-refractivity contribution in [3.05, 3.63) is 29.6 Å². The molecule has 2 rings (SSSR count). The lowest BCUT2D eigenvalue weighted by Gasteiger charge is -2.38. The van der Waals surface area contributed by atoms with E-state index < -0.39 is 0 Å². The number of nitrogens with two attached hydrogens (primary N) is 1. The van der Waals surface area contributed by atoms with E-state index >= 15 is 0 Å². The second-order valence-electron chi connectivity index (χ2n) is 5.02. The Morgan fingerprint density at radius 1 is 1.50 bits per heavy atom. The third-order valence-corrected chi connectivity index (χ3v) is 3.81. The second-order valence-corrected chi connectivity index (χ2v) is 5.02. The molecule has 0 radical (unpaired) electrons. The molecular formula is C14H23N3O. The van der Waals surface area contributed by atoms with Gasteiger partial charge in [0.2, 0.25) is 0 Å². The average Bonchev–Trinajstić information content (AvgIpc) is 2.86. The largest absolute Gasteiger partial charge is 0.379 e. The molecule has 0 amide bonds. The van der Waals surface area contributed by atoms with Crippen LogP contribution in [0, 0.1) is 6.92 Å². The molecule has 2 N–H and O–H groups in total. The summed E-state index contributed by atoms with van der Waals surface area (Å²) >= 11 is 0. The van der Waals surface area contributed by atoms with E-state index in [1.807, 2.05) is 13.0 Å². The molecule has 0 aromatic carbocycles. The van der Waals surface area contributed by atoms with Gasteiger partial charge in [-0.15, -0.1) is 0 Å². The van der Waals surface area contributed by atoms with Gasteiger partial charge in [0.1, 0.15) is 0 Å². The van der Waals surface area contributed by atoms with E-state index in [-0.39, 0.29) is 5.54 Å². The highest BCUT2D eigenvalue weighted by Crippen LogP contribution is 2.26. The van der Waals surface area contributed by atoms with Crippen molar-refractivity contribution < 1.29 is 4.74 Å². The SMILES string of the molecule is CCN(Cc1cccc(C)n1)C1(CN)CCOC1. The molecular weight excluding hydrogens is 226 g/mol. The second kappa shape index (κ2) is 5.78. The van der Waals surface area contributed by atoms with Crippen LogP contribution < -0.4 is 5.73 Å². The van der Waals surface area contributed by atoms with Gasteiger partial charge in [0.25, 0.3) is 0 Å². The number of nitrogens with zero attached hydrogens (tertiary/aromatic N) is 2. The lowest BCUT2D eigenvalue weighted by Crippen LogP contribution is -2.54. The summed E-state index contributed by atoms with van der Waals surface area (Å²) in [5.41, 5.74) is 8.16. The van der Waals surface area contributed by atoms with Crippen molar-refractivity contribution in [2.75, 3.05) is 26.3 Å². The van der Waals surface area contributed by atoms with Gasteiger partial charge in [0, 0.05) is 25.4 Å². The minimum atomic E-state index is 0.000175. The molecule has 100 valence electrons. The molecule has 4 heteroatoms. The summed E-state index contributed by atoms with van der Waals surface area (Å²) in [6, 6.07) is 6.17. The van der Waals surface area contributed by atoms with Crippen LogP contribution >= 0.6 is 0 Å². The smallest absolute Gasteiger partial charge is 0.0663 e. The van der Waals surface area contributed by atoms with Crippen molar-refractivity contribution in [3.8, 4) is 0 Å². The summed E-state index contributed by atoms with van der Waals surface area (Å²) in [4.78, 5) is 6.98.